The van der Waals surface area contributed by atoms with E-state index in [2.05, 4.69) is 5.92 Å². The van der Waals surface area contributed by atoms with E-state index >= 15 is 0 Å². The molecule has 1 aromatic rings. The summed E-state index contributed by atoms with van der Waals surface area (Å²) in [6.45, 7) is 1.77. The van der Waals surface area contributed by atoms with Crippen LogP contribution in [0.3, 0.4) is 0 Å². The molecule has 0 saturated heterocycles. The van der Waals surface area contributed by atoms with Gasteiger partial charge in [0.15, 0.2) is 0 Å². The van der Waals surface area contributed by atoms with Crippen LogP contribution in [0, 0.1) is 12.3 Å². The summed E-state index contributed by atoms with van der Waals surface area (Å²) in [7, 11) is 0. The van der Waals surface area contributed by atoms with Crippen LogP contribution in [0.2, 0.25) is 5.02 Å². The van der Waals surface area contributed by atoms with Crippen molar-refractivity contribution in [3.8, 4) is 18.1 Å². The Kier molecular flexibility index (Phi) is 4.48. The average molecular weight is 225 g/mol. The highest BCUT2D eigenvalue weighted by molar-refractivity contribution is 6.30. The van der Waals surface area contributed by atoms with Gasteiger partial charge in [0.2, 0.25) is 0 Å². The first-order valence-corrected chi connectivity index (χ1v) is 5.05. The fourth-order valence-electron chi connectivity index (χ4n) is 1.12. The first-order valence-electron chi connectivity index (χ1n) is 4.67. The van der Waals surface area contributed by atoms with Gasteiger partial charge in [-0.15, -0.1) is 12.3 Å². The Bertz CT molecular complexity index is 357. The van der Waals surface area contributed by atoms with Crippen LogP contribution in [0.1, 0.15) is 13.3 Å². The Labute approximate surface area is 94.8 Å². The van der Waals surface area contributed by atoms with E-state index in [-0.39, 0.29) is 12.5 Å². The Morgan fingerprint density at radius 3 is 2.93 bits per heavy atom. The second-order valence-corrected chi connectivity index (χ2v) is 3.69. The molecule has 3 heteroatoms. The van der Waals surface area contributed by atoms with Crippen molar-refractivity contribution >= 4 is 11.6 Å². The van der Waals surface area contributed by atoms with E-state index in [0.29, 0.717) is 10.8 Å². The van der Waals surface area contributed by atoms with Gasteiger partial charge in [-0.3, -0.25) is 0 Å². The lowest BCUT2D eigenvalue weighted by Gasteiger charge is -2.18. The van der Waals surface area contributed by atoms with Gasteiger partial charge in [-0.05, 0) is 25.1 Å². The number of terminal acetylenes is 1. The number of aliphatic hydroxyl groups excluding tert-OH is 1. The van der Waals surface area contributed by atoms with Crippen molar-refractivity contribution in [1.29, 1.82) is 0 Å². The van der Waals surface area contributed by atoms with Gasteiger partial charge in [0, 0.05) is 11.4 Å². The molecular weight excluding hydrogens is 212 g/mol. The molecule has 80 valence electrons. The fourth-order valence-corrected chi connectivity index (χ4v) is 1.30. The quantitative estimate of drug-likeness (QED) is 0.797. The molecule has 1 aromatic carbocycles. The summed E-state index contributed by atoms with van der Waals surface area (Å²) in [5, 5.41) is 10.2. The van der Waals surface area contributed by atoms with Gasteiger partial charge in [0.1, 0.15) is 18.0 Å². The van der Waals surface area contributed by atoms with E-state index in [0.717, 1.165) is 0 Å². The standard InChI is InChI=1S/C12H13ClO2/c1-3-5-12(14)9(2)15-11-7-4-6-10(13)8-11/h1,4,6-9,12,14H,5H2,2H3. The third kappa shape index (κ3) is 3.83. The molecule has 0 aromatic heterocycles. The molecule has 0 heterocycles. The first kappa shape index (κ1) is 11.9. The second kappa shape index (κ2) is 5.65. The molecule has 1 N–H and O–H groups in total. The number of benzene rings is 1. The minimum Gasteiger partial charge on any atom is -0.488 e. The molecule has 15 heavy (non-hydrogen) atoms. The number of hydrogen-bond donors (Lipinski definition) is 1. The third-order valence-electron chi connectivity index (χ3n) is 1.99. The number of aliphatic hydroxyl groups is 1. The zero-order valence-electron chi connectivity index (χ0n) is 8.48. The van der Waals surface area contributed by atoms with Crippen molar-refractivity contribution in [2.24, 2.45) is 0 Å². The minimum absolute atomic E-state index is 0.279. The predicted octanol–water partition coefficient (Wildman–Crippen LogP) is 2.49. The Morgan fingerprint density at radius 1 is 1.60 bits per heavy atom. The largest absolute Gasteiger partial charge is 0.488 e. The van der Waals surface area contributed by atoms with Gasteiger partial charge in [-0.25, -0.2) is 0 Å². The Morgan fingerprint density at radius 2 is 2.33 bits per heavy atom. The van der Waals surface area contributed by atoms with E-state index < -0.39 is 6.10 Å². The number of halogens is 1. The molecular formula is C12H13ClO2. The van der Waals surface area contributed by atoms with E-state index in [9.17, 15) is 5.11 Å². The summed E-state index contributed by atoms with van der Waals surface area (Å²) in [4.78, 5) is 0. The lowest BCUT2D eigenvalue weighted by Crippen LogP contribution is -2.28. The van der Waals surface area contributed by atoms with Gasteiger partial charge >= 0.3 is 0 Å². The molecule has 0 aliphatic heterocycles. The van der Waals surface area contributed by atoms with E-state index in [4.69, 9.17) is 22.8 Å². The highest BCUT2D eigenvalue weighted by atomic mass is 35.5. The molecule has 1 rings (SSSR count). The molecule has 2 atom stereocenters. The summed E-state index contributed by atoms with van der Waals surface area (Å²) < 4.78 is 5.48. The molecule has 0 radical (unpaired) electrons. The van der Waals surface area contributed by atoms with Crippen LogP contribution >= 0.6 is 11.6 Å². The maximum Gasteiger partial charge on any atom is 0.123 e. The van der Waals surface area contributed by atoms with Gasteiger partial charge in [-0.1, -0.05) is 17.7 Å². The molecule has 2 unspecified atom stereocenters. The van der Waals surface area contributed by atoms with Crippen molar-refractivity contribution in [2.75, 3.05) is 0 Å². The van der Waals surface area contributed by atoms with Crippen molar-refractivity contribution in [3.05, 3.63) is 29.3 Å². The highest BCUT2D eigenvalue weighted by Crippen LogP contribution is 2.19. The molecule has 0 amide bonds. The van der Waals surface area contributed by atoms with Crippen LogP contribution < -0.4 is 4.74 Å². The van der Waals surface area contributed by atoms with Gasteiger partial charge in [0.05, 0.1) is 0 Å². The molecule has 0 saturated carbocycles. The van der Waals surface area contributed by atoms with Gasteiger partial charge in [0.25, 0.3) is 0 Å². The summed E-state index contributed by atoms with van der Waals surface area (Å²) >= 11 is 5.79. The number of ether oxygens (including phenoxy) is 1. The predicted molar refractivity (Wildman–Crippen MR) is 61.0 cm³/mol. The third-order valence-corrected chi connectivity index (χ3v) is 2.22. The summed E-state index contributed by atoms with van der Waals surface area (Å²) in [5.41, 5.74) is 0. The molecule has 0 bridgehead atoms. The zero-order valence-corrected chi connectivity index (χ0v) is 9.24. The summed E-state index contributed by atoms with van der Waals surface area (Å²) in [6.07, 6.45) is 4.37. The summed E-state index contributed by atoms with van der Waals surface area (Å²) in [6, 6.07) is 7.03. The molecule has 0 aliphatic carbocycles. The van der Waals surface area contributed by atoms with Crippen molar-refractivity contribution in [2.45, 2.75) is 25.6 Å². The lowest BCUT2D eigenvalue weighted by molar-refractivity contribution is 0.0511. The monoisotopic (exact) mass is 224 g/mol. The molecule has 0 spiro atoms. The summed E-state index contributed by atoms with van der Waals surface area (Å²) in [5.74, 6) is 3.02. The number of hydrogen-bond acceptors (Lipinski definition) is 2. The van der Waals surface area contributed by atoms with Crippen molar-refractivity contribution in [1.82, 2.24) is 0 Å². The second-order valence-electron chi connectivity index (χ2n) is 3.26. The van der Waals surface area contributed by atoms with Crippen LogP contribution in [0.5, 0.6) is 5.75 Å². The van der Waals surface area contributed by atoms with Crippen LogP contribution in [0.15, 0.2) is 24.3 Å². The van der Waals surface area contributed by atoms with Crippen LogP contribution in [0.4, 0.5) is 0 Å². The van der Waals surface area contributed by atoms with Crippen LogP contribution in [-0.2, 0) is 0 Å². The Balaban J connectivity index is 2.58. The maximum absolute atomic E-state index is 9.55. The van der Waals surface area contributed by atoms with Crippen LogP contribution in [0.25, 0.3) is 0 Å². The van der Waals surface area contributed by atoms with E-state index in [1.54, 1.807) is 31.2 Å². The van der Waals surface area contributed by atoms with Gasteiger partial charge < -0.3 is 9.84 Å². The van der Waals surface area contributed by atoms with E-state index in [1.165, 1.54) is 0 Å². The fraction of sp³-hybridized carbons (Fsp3) is 0.333. The average Bonchev–Trinajstić information content (AvgIpc) is 2.18. The van der Waals surface area contributed by atoms with E-state index in [1.807, 2.05) is 0 Å². The van der Waals surface area contributed by atoms with Crippen molar-refractivity contribution in [3.63, 3.8) is 0 Å². The molecule has 0 fully saturated rings. The molecule has 0 aliphatic rings. The van der Waals surface area contributed by atoms with Crippen molar-refractivity contribution < 1.29 is 9.84 Å². The minimum atomic E-state index is -0.658. The Hall–Kier alpha value is -1.17. The highest BCUT2D eigenvalue weighted by Gasteiger charge is 2.14. The first-order chi connectivity index (χ1) is 7.13. The number of rotatable bonds is 4. The van der Waals surface area contributed by atoms with Crippen LogP contribution in [-0.4, -0.2) is 17.3 Å². The molecule has 2 nitrogen and oxygen atoms in total. The zero-order chi connectivity index (χ0) is 11.3. The smallest absolute Gasteiger partial charge is 0.123 e. The SMILES string of the molecule is C#CCC(O)C(C)Oc1cccc(Cl)c1. The topological polar surface area (TPSA) is 29.5 Å². The maximum atomic E-state index is 9.55. The lowest BCUT2D eigenvalue weighted by atomic mass is 10.2. The van der Waals surface area contributed by atoms with Gasteiger partial charge in [-0.2, -0.15) is 0 Å². The normalized spacial score (nSPS) is 14.0.